The maximum absolute atomic E-state index is 13.4. The van der Waals surface area contributed by atoms with Gasteiger partial charge in [0.1, 0.15) is 16.9 Å². The average Bonchev–Trinajstić information content (AvgIpc) is 3.35. The van der Waals surface area contributed by atoms with Crippen LogP contribution in [0.4, 0.5) is 10.1 Å². The van der Waals surface area contributed by atoms with E-state index in [4.69, 9.17) is 0 Å². The predicted octanol–water partition coefficient (Wildman–Crippen LogP) is 3.76. The molecule has 2 heterocycles. The smallest absolute Gasteiger partial charge is 0.249 e. The van der Waals surface area contributed by atoms with E-state index in [2.05, 4.69) is 4.98 Å². The number of thiazole rings is 1. The van der Waals surface area contributed by atoms with Crippen LogP contribution in [0.5, 0.6) is 0 Å². The Morgan fingerprint density at radius 3 is 2.79 bits per heavy atom. The molecule has 1 saturated heterocycles. The molecule has 1 aliphatic rings. The minimum absolute atomic E-state index is 0.0641. The molecule has 1 atom stereocenters. The molecule has 0 radical (unpaired) electrons. The molecular weight excluding hydrogens is 389 g/mol. The van der Waals surface area contributed by atoms with Gasteiger partial charge < -0.3 is 9.80 Å². The topological polar surface area (TPSA) is 53.5 Å². The maximum Gasteiger partial charge on any atom is 0.249 e. The molecule has 7 heteroatoms. The molecule has 0 saturated carbocycles. The van der Waals surface area contributed by atoms with E-state index in [9.17, 15) is 14.0 Å². The molecule has 2 amide bonds. The number of halogens is 1. The first-order chi connectivity index (χ1) is 14.0. The Labute approximate surface area is 172 Å². The molecule has 0 aliphatic carbocycles. The number of nitrogens with zero attached hydrogens (tertiary/aromatic N) is 3. The first-order valence-electron chi connectivity index (χ1n) is 9.35. The molecule has 29 heavy (non-hydrogen) atoms. The third-order valence-electron chi connectivity index (χ3n) is 5.06. The third-order valence-corrected chi connectivity index (χ3v) is 6.00. The molecule has 1 fully saturated rings. The number of aromatic nitrogens is 1. The average molecular weight is 409 g/mol. The van der Waals surface area contributed by atoms with Crippen LogP contribution in [0.3, 0.4) is 0 Å². The lowest BCUT2D eigenvalue weighted by Gasteiger charge is -2.24. The fraction of sp³-hybridized carbons (Fsp3) is 0.227. The van der Waals surface area contributed by atoms with Crippen molar-refractivity contribution in [2.24, 2.45) is 0 Å². The van der Waals surface area contributed by atoms with Gasteiger partial charge in [-0.3, -0.25) is 9.59 Å². The van der Waals surface area contributed by atoms with Gasteiger partial charge in [0.05, 0.1) is 12.1 Å². The van der Waals surface area contributed by atoms with Crippen molar-refractivity contribution in [3.8, 4) is 10.6 Å². The SMILES string of the molecule is CN(C(=O)Cc1csc(-c2cccc(F)c2)n1)C1CCN(c2ccccc2)C1=O. The Morgan fingerprint density at radius 1 is 1.24 bits per heavy atom. The van der Waals surface area contributed by atoms with E-state index in [0.29, 0.717) is 29.2 Å². The molecule has 1 unspecified atom stereocenters. The van der Waals surface area contributed by atoms with Crippen LogP contribution in [0.2, 0.25) is 0 Å². The Morgan fingerprint density at radius 2 is 2.03 bits per heavy atom. The third kappa shape index (κ3) is 4.05. The summed E-state index contributed by atoms with van der Waals surface area (Å²) in [6.07, 6.45) is 0.707. The second kappa shape index (κ2) is 8.13. The van der Waals surface area contributed by atoms with Crippen LogP contribution < -0.4 is 4.90 Å². The highest BCUT2D eigenvalue weighted by Gasteiger charge is 2.37. The molecule has 0 N–H and O–H groups in total. The summed E-state index contributed by atoms with van der Waals surface area (Å²) in [5.74, 6) is -0.544. The van der Waals surface area contributed by atoms with Gasteiger partial charge in [-0.05, 0) is 30.7 Å². The Kier molecular flexibility index (Phi) is 5.40. The van der Waals surface area contributed by atoms with Crippen LogP contribution in [0.1, 0.15) is 12.1 Å². The molecule has 5 nitrogen and oxygen atoms in total. The molecule has 2 aromatic carbocycles. The van der Waals surface area contributed by atoms with Gasteiger partial charge in [0.15, 0.2) is 0 Å². The summed E-state index contributed by atoms with van der Waals surface area (Å²) in [5.41, 5.74) is 2.16. The summed E-state index contributed by atoms with van der Waals surface area (Å²) in [4.78, 5) is 33.3. The number of hydrogen-bond donors (Lipinski definition) is 0. The van der Waals surface area contributed by atoms with Crippen molar-refractivity contribution in [3.05, 3.63) is 71.5 Å². The number of amides is 2. The maximum atomic E-state index is 13.4. The van der Waals surface area contributed by atoms with Gasteiger partial charge in [-0.25, -0.2) is 9.37 Å². The lowest BCUT2D eigenvalue weighted by molar-refractivity contribution is -0.136. The number of rotatable bonds is 5. The zero-order valence-corrected chi connectivity index (χ0v) is 16.7. The fourth-order valence-corrected chi connectivity index (χ4v) is 4.30. The van der Waals surface area contributed by atoms with E-state index >= 15 is 0 Å². The number of benzene rings is 2. The van der Waals surface area contributed by atoms with E-state index in [1.807, 2.05) is 30.3 Å². The minimum atomic E-state index is -0.468. The summed E-state index contributed by atoms with van der Waals surface area (Å²) in [6.45, 7) is 0.589. The Balaban J connectivity index is 1.42. The largest absolute Gasteiger partial charge is 0.333 e. The van der Waals surface area contributed by atoms with Gasteiger partial charge >= 0.3 is 0 Å². The van der Waals surface area contributed by atoms with Crippen molar-refractivity contribution in [2.45, 2.75) is 18.9 Å². The van der Waals surface area contributed by atoms with Gasteiger partial charge in [-0.1, -0.05) is 30.3 Å². The van der Waals surface area contributed by atoms with Crippen molar-refractivity contribution in [3.63, 3.8) is 0 Å². The van der Waals surface area contributed by atoms with Gasteiger partial charge in [-0.15, -0.1) is 11.3 Å². The minimum Gasteiger partial charge on any atom is -0.333 e. The number of para-hydroxylation sites is 1. The second-order valence-electron chi connectivity index (χ2n) is 6.97. The highest BCUT2D eigenvalue weighted by atomic mass is 32.1. The summed E-state index contributed by atoms with van der Waals surface area (Å²) in [5, 5.41) is 2.47. The lowest BCUT2D eigenvalue weighted by Crippen LogP contribution is -2.43. The van der Waals surface area contributed by atoms with E-state index in [1.54, 1.807) is 29.5 Å². The van der Waals surface area contributed by atoms with Crippen molar-refractivity contribution in [1.29, 1.82) is 0 Å². The van der Waals surface area contributed by atoms with Crippen LogP contribution in [-0.2, 0) is 16.0 Å². The number of anilines is 1. The molecule has 0 bridgehead atoms. The van der Waals surface area contributed by atoms with Gasteiger partial charge in [0.25, 0.3) is 0 Å². The Bertz CT molecular complexity index is 1040. The number of carbonyl (C=O) groups is 2. The zero-order chi connectivity index (χ0) is 20.4. The molecule has 148 valence electrons. The highest BCUT2D eigenvalue weighted by molar-refractivity contribution is 7.13. The molecule has 0 spiro atoms. The molecule has 3 aromatic rings. The van der Waals surface area contributed by atoms with Crippen LogP contribution in [-0.4, -0.2) is 41.3 Å². The normalized spacial score (nSPS) is 16.3. The van der Waals surface area contributed by atoms with E-state index in [1.165, 1.54) is 28.4 Å². The summed E-state index contributed by atoms with van der Waals surface area (Å²) >= 11 is 1.37. The van der Waals surface area contributed by atoms with E-state index in [0.717, 1.165) is 5.69 Å². The summed E-state index contributed by atoms with van der Waals surface area (Å²) in [7, 11) is 1.67. The first-order valence-corrected chi connectivity index (χ1v) is 10.2. The molecule has 1 aliphatic heterocycles. The summed E-state index contributed by atoms with van der Waals surface area (Å²) in [6, 6.07) is 15.2. The van der Waals surface area contributed by atoms with Gasteiger partial charge in [-0.2, -0.15) is 0 Å². The van der Waals surface area contributed by atoms with Crippen LogP contribution in [0, 0.1) is 5.82 Å². The van der Waals surface area contributed by atoms with Gasteiger partial charge in [0, 0.05) is 30.2 Å². The number of hydrogen-bond acceptors (Lipinski definition) is 4. The van der Waals surface area contributed by atoms with Crippen LogP contribution >= 0.6 is 11.3 Å². The predicted molar refractivity (Wildman–Crippen MR) is 111 cm³/mol. The monoisotopic (exact) mass is 409 g/mol. The van der Waals surface area contributed by atoms with E-state index < -0.39 is 6.04 Å². The molecule has 1 aromatic heterocycles. The molecule has 4 rings (SSSR count). The number of likely N-dealkylation sites (N-methyl/N-ethyl adjacent to an activating group) is 1. The molecular formula is C22H20FN3O2S. The standard InChI is InChI=1S/C22H20FN3O2S/c1-25(19-10-11-26(22(19)28)18-8-3-2-4-9-18)20(27)13-17-14-29-21(24-17)15-6-5-7-16(23)12-15/h2-9,12,14,19H,10-11,13H2,1H3. The number of carbonyl (C=O) groups excluding carboxylic acids is 2. The first kappa shape index (κ1) is 19.3. The quantitative estimate of drug-likeness (QED) is 0.645. The summed E-state index contributed by atoms with van der Waals surface area (Å²) < 4.78 is 13.4. The van der Waals surface area contributed by atoms with Crippen molar-refractivity contribution >= 4 is 28.8 Å². The van der Waals surface area contributed by atoms with Crippen molar-refractivity contribution in [2.75, 3.05) is 18.5 Å². The van der Waals surface area contributed by atoms with Crippen LogP contribution in [0.25, 0.3) is 10.6 Å². The lowest BCUT2D eigenvalue weighted by atomic mass is 10.2. The highest BCUT2D eigenvalue weighted by Crippen LogP contribution is 2.26. The van der Waals surface area contributed by atoms with Gasteiger partial charge in [0.2, 0.25) is 11.8 Å². The van der Waals surface area contributed by atoms with E-state index in [-0.39, 0.29) is 24.1 Å². The second-order valence-corrected chi connectivity index (χ2v) is 7.82. The fourth-order valence-electron chi connectivity index (χ4n) is 3.48. The Hall–Kier alpha value is -3.06. The van der Waals surface area contributed by atoms with Crippen molar-refractivity contribution < 1.29 is 14.0 Å². The van der Waals surface area contributed by atoms with Crippen LogP contribution in [0.15, 0.2) is 60.0 Å². The zero-order valence-electron chi connectivity index (χ0n) is 15.9. The van der Waals surface area contributed by atoms with Crippen molar-refractivity contribution in [1.82, 2.24) is 9.88 Å².